The molecule has 26 heavy (non-hydrogen) atoms. The summed E-state index contributed by atoms with van der Waals surface area (Å²) in [6, 6.07) is 8.73. The van der Waals surface area contributed by atoms with E-state index >= 15 is 0 Å². The largest absolute Gasteiger partial charge is 0.432 e. The molecule has 2 aromatic heterocycles. The molecule has 1 aromatic carbocycles. The molecule has 0 aliphatic carbocycles. The number of hydrogen-bond donors (Lipinski definition) is 2. The Morgan fingerprint density at radius 1 is 1.12 bits per heavy atom. The maximum absolute atomic E-state index is 12.6. The van der Waals surface area contributed by atoms with E-state index in [4.69, 9.17) is 5.26 Å². The van der Waals surface area contributed by atoms with E-state index in [2.05, 4.69) is 20.4 Å². The number of nitriles is 1. The lowest BCUT2D eigenvalue weighted by atomic mass is 10.1. The lowest BCUT2D eigenvalue weighted by Gasteiger charge is -2.04. The fraction of sp³-hybridized carbons (Fsp3) is 0.0625. The van der Waals surface area contributed by atoms with Crippen molar-refractivity contribution in [2.24, 2.45) is 0 Å². The van der Waals surface area contributed by atoms with Crippen LogP contribution in [0.3, 0.4) is 0 Å². The first-order chi connectivity index (χ1) is 12.4. The quantitative estimate of drug-likeness (QED) is 0.748. The van der Waals surface area contributed by atoms with Gasteiger partial charge in [-0.15, -0.1) is 0 Å². The lowest BCUT2D eigenvalue weighted by Crippen LogP contribution is -2.13. The van der Waals surface area contributed by atoms with Crippen molar-refractivity contribution in [1.29, 1.82) is 5.26 Å². The van der Waals surface area contributed by atoms with Gasteiger partial charge in [-0.2, -0.15) is 23.5 Å². The molecule has 10 heteroatoms. The summed E-state index contributed by atoms with van der Waals surface area (Å²) in [6.45, 7) is 0. The van der Waals surface area contributed by atoms with Gasteiger partial charge in [0.2, 0.25) is 0 Å². The standard InChI is InChI=1S/C16H9F3N6O/c17-16(18,19)13-5-11(24-25-13)12-7-22-14(8-21-12)23-15(26)10-3-1-9(6-20)2-4-10/h1-5,7-8H,(H,24,25)(H,22,23,26). The van der Waals surface area contributed by atoms with Crippen LogP contribution < -0.4 is 5.32 Å². The van der Waals surface area contributed by atoms with Crippen molar-refractivity contribution >= 4 is 11.7 Å². The molecule has 0 fully saturated rings. The van der Waals surface area contributed by atoms with Crippen molar-refractivity contribution in [2.75, 3.05) is 5.32 Å². The molecule has 1 amide bonds. The zero-order valence-corrected chi connectivity index (χ0v) is 12.9. The summed E-state index contributed by atoms with van der Waals surface area (Å²) in [5.74, 6) is -0.342. The number of carbonyl (C=O) groups is 1. The number of H-pyrrole nitrogens is 1. The van der Waals surface area contributed by atoms with E-state index in [-0.39, 0.29) is 17.2 Å². The first kappa shape index (κ1) is 17.1. The van der Waals surface area contributed by atoms with Gasteiger partial charge in [0.05, 0.1) is 24.0 Å². The predicted molar refractivity (Wildman–Crippen MR) is 83.7 cm³/mol. The van der Waals surface area contributed by atoms with Gasteiger partial charge in [0.1, 0.15) is 17.1 Å². The molecule has 130 valence electrons. The van der Waals surface area contributed by atoms with Gasteiger partial charge >= 0.3 is 6.18 Å². The van der Waals surface area contributed by atoms with Crippen LogP contribution in [-0.4, -0.2) is 26.1 Å². The highest BCUT2D eigenvalue weighted by Gasteiger charge is 2.33. The van der Waals surface area contributed by atoms with Crippen LogP contribution in [0.4, 0.5) is 19.0 Å². The van der Waals surface area contributed by atoms with Gasteiger partial charge in [-0.3, -0.25) is 9.89 Å². The van der Waals surface area contributed by atoms with Gasteiger partial charge in [0.25, 0.3) is 5.91 Å². The Bertz CT molecular complexity index is 971. The fourth-order valence-corrected chi connectivity index (χ4v) is 2.01. The van der Waals surface area contributed by atoms with E-state index in [1.54, 1.807) is 0 Å². The fourth-order valence-electron chi connectivity index (χ4n) is 2.01. The smallest absolute Gasteiger partial charge is 0.305 e. The highest BCUT2D eigenvalue weighted by molar-refractivity contribution is 6.03. The van der Waals surface area contributed by atoms with Gasteiger partial charge in [0.15, 0.2) is 5.82 Å². The summed E-state index contributed by atoms with van der Waals surface area (Å²) in [6.07, 6.45) is -2.13. The molecule has 7 nitrogen and oxygen atoms in total. The van der Waals surface area contributed by atoms with Crippen molar-refractivity contribution in [2.45, 2.75) is 6.18 Å². The molecule has 0 unspecified atom stereocenters. The van der Waals surface area contributed by atoms with Gasteiger partial charge in [-0.1, -0.05) is 0 Å². The van der Waals surface area contributed by atoms with E-state index in [1.165, 1.54) is 36.7 Å². The number of benzene rings is 1. The van der Waals surface area contributed by atoms with Crippen molar-refractivity contribution in [3.8, 4) is 17.5 Å². The molecule has 0 radical (unpaired) electrons. The van der Waals surface area contributed by atoms with E-state index < -0.39 is 17.8 Å². The molecule has 0 spiro atoms. The number of aromatic nitrogens is 4. The third-order valence-electron chi connectivity index (χ3n) is 3.32. The Morgan fingerprint density at radius 3 is 2.38 bits per heavy atom. The van der Waals surface area contributed by atoms with Crippen LogP contribution in [0.1, 0.15) is 21.6 Å². The van der Waals surface area contributed by atoms with Crippen molar-refractivity contribution in [3.63, 3.8) is 0 Å². The maximum atomic E-state index is 12.6. The Balaban J connectivity index is 1.72. The van der Waals surface area contributed by atoms with Crippen LogP contribution in [0.15, 0.2) is 42.7 Å². The Morgan fingerprint density at radius 2 is 1.85 bits per heavy atom. The van der Waals surface area contributed by atoms with Crippen molar-refractivity contribution < 1.29 is 18.0 Å². The van der Waals surface area contributed by atoms with Gasteiger partial charge in [-0.05, 0) is 30.3 Å². The summed E-state index contributed by atoms with van der Waals surface area (Å²) in [7, 11) is 0. The molecule has 0 aliphatic heterocycles. The summed E-state index contributed by atoms with van der Waals surface area (Å²) in [5.41, 5.74) is -0.157. The minimum absolute atomic E-state index is 0.0187. The monoisotopic (exact) mass is 358 g/mol. The molecule has 2 N–H and O–H groups in total. The molecule has 0 saturated carbocycles. The van der Waals surface area contributed by atoms with E-state index in [1.807, 2.05) is 11.2 Å². The predicted octanol–water partition coefficient (Wildman–Crippen LogP) is 3.01. The molecule has 0 bridgehead atoms. The Kier molecular flexibility index (Phi) is 4.36. The molecule has 0 saturated heterocycles. The van der Waals surface area contributed by atoms with Crippen LogP contribution in [0, 0.1) is 11.3 Å². The second-order valence-electron chi connectivity index (χ2n) is 5.09. The van der Waals surface area contributed by atoms with Gasteiger partial charge < -0.3 is 5.32 Å². The van der Waals surface area contributed by atoms with Gasteiger partial charge in [-0.25, -0.2) is 9.97 Å². The molecular formula is C16H9F3N6O. The Hall–Kier alpha value is -3.74. The van der Waals surface area contributed by atoms with E-state index in [0.29, 0.717) is 11.1 Å². The number of rotatable bonds is 3. The number of amides is 1. The van der Waals surface area contributed by atoms with Crippen LogP contribution in [-0.2, 0) is 6.18 Å². The second kappa shape index (κ2) is 6.64. The number of nitrogens with zero attached hydrogens (tertiary/aromatic N) is 4. The average molecular weight is 358 g/mol. The average Bonchev–Trinajstić information content (AvgIpc) is 3.13. The van der Waals surface area contributed by atoms with Crippen LogP contribution in [0.5, 0.6) is 0 Å². The number of halogens is 3. The minimum Gasteiger partial charge on any atom is -0.305 e. The van der Waals surface area contributed by atoms with Crippen molar-refractivity contribution in [3.05, 3.63) is 59.5 Å². The maximum Gasteiger partial charge on any atom is 0.432 e. The van der Waals surface area contributed by atoms with Crippen LogP contribution >= 0.6 is 0 Å². The number of anilines is 1. The third kappa shape index (κ3) is 3.67. The number of nitrogens with one attached hydrogen (secondary N) is 2. The second-order valence-corrected chi connectivity index (χ2v) is 5.09. The van der Waals surface area contributed by atoms with E-state index in [0.717, 1.165) is 6.07 Å². The number of alkyl halides is 3. The summed E-state index contributed by atoms with van der Waals surface area (Å²) < 4.78 is 37.7. The zero-order chi connectivity index (χ0) is 18.7. The topological polar surface area (TPSA) is 107 Å². The number of aromatic amines is 1. The van der Waals surface area contributed by atoms with Crippen LogP contribution in [0.25, 0.3) is 11.4 Å². The molecule has 2 heterocycles. The summed E-state index contributed by atoms with van der Waals surface area (Å²) in [5, 5.41) is 16.7. The SMILES string of the molecule is N#Cc1ccc(C(=O)Nc2cnc(-c3cc(C(F)(F)F)[nH]n3)cn2)cc1. The highest BCUT2D eigenvalue weighted by Crippen LogP contribution is 2.29. The van der Waals surface area contributed by atoms with E-state index in [9.17, 15) is 18.0 Å². The molecule has 3 rings (SSSR count). The lowest BCUT2D eigenvalue weighted by molar-refractivity contribution is -0.141. The number of hydrogen-bond acceptors (Lipinski definition) is 5. The normalized spacial score (nSPS) is 11.0. The van der Waals surface area contributed by atoms with Crippen molar-refractivity contribution in [1.82, 2.24) is 20.2 Å². The molecule has 0 aliphatic rings. The van der Waals surface area contributed by atoms with Crippen LogP contribution in [0.2, 0.25) is 0 Å². The highest BCUT2D eigenvalue weighted by atomic mass is 19.4. The zero-order valence-electron chi connectivity index (χ0n) is 12.9. The van der Waals surface area contributed by atoms with Gasteiger partial charge in [0, 0.05) is 5.56 Å². The number of carbonyl (C=O) groups excluding carboxylic acids is 1. The summed E-state index contributed by atoms with van der Waals surface area (Å²) >= 11 is 0. The minimum atomic E-state index is -4.53. The molecule has 0 atom stereocenters. The molecule has 3 aromatic rings. The third-order valence-corrected chi connectivity index (χ3v) is 3.32. The summed E-state index contributed by atoms with van der Waals surface area (Å²) in [4.78, 5) is 20.0. The first-order valence-electron chi connectivity index (χ1n) is 7.13. The first-order valence-corrected chi connectivity index (χ1v) is 7.13. The molecular weight excluding hydrogens is 349 g/mol. The Labute approximate surface area is 144 Å².